The number of rotatable bonds is 4. The second-order valence-corrected chi connectivity index (χ2v) is 6.61. The minimum Gasteiger partial charge on any atom is -0.465 e. The van der Waals surface area contributed by atoms with E-state index in [4.69, 9.17) is 4.74 Å². The van der Waals surface area contributed by atoms with Crippen molar-refractivity contribution in [2.75, 3.05) is 33.8 Å². The molecule has 3 aromatic heterocycles. The molecule has 8 nitrogen and oxygen atoms in total. The van der Waals surface area contributed by atoms with Crippen LogP contribution in [0.4, 0.5) is 0 Å². The smallest absolute Gasteiger partial charge is 0.338 e. The van der Waals surface area contributed by atoms with Crippen LogP contribution in [0, 0.1) is 0 Å². The molecule has 0 saturated carbocycles. The molecule has 3 aromatic rings. The molecule has 1 saturated heterocycles. The summed E-state index contributed by atoms with van der Waals surface area (Å²) in [7, 11) is 3.51. The number of nitrogens with zero attached hydrogens (tertiary/aromatic N) is 5. The number of piperazine rings is 1. The first-order valence-corrected chi connectivity index (χ1v) is 8.62. The lowest BCUT2D eigenvalue weighted by Gasteiger charge is -2.38. The lowest BCUT2D eigenvalue weighted by Crippen LogP contribution is -2.46. The fourth-order valence-corrected chi connectivity index (χ4v) is 3.41. The second kappa shape index (κ2) is 6.89. The number of aromatic nitrogens is 4. The summed E-state index contributed by atoms with van der Waals surface area (Å²) in [6.07, 6.45) is 7.51. The Hall–Kier alpha value is -2.71. The van der Waals surface area contributed by atoms with Gasteiger partial charge in [-0.1, -0.05) is 0 Å². The van der Waals surface area contributed by atoms with Crippen molar-refractivity contribution in [3.8, 4) is 0 Å². The largest absolute Gasteiger partial charge is 0.465 e. The first-order chi connectivity index (χ1) is 12.6. The van der Waals surface area contributed by atoms with Gasteiger partial charge >= 0.3 is 5.97 Å². The number of fused-ring (bicyclic) bond motifs is 1. The SMILES string of the molecule is COC(=O)c1ccn2cc(CN3CCN(C)C(c4ncc[nH]4)C3)nc2c1. The van der Waals surface area contributed by atoms with E-state index in [0.717, 1.165) is 43.3 Å². The predicted octanol–water partition coefficient (Wildman–Crippen LogP) is 1.33. The van der Waals surface area contributed by atoms with E-state index in [1.54, 1.807) is 18.3 Å². The first-order valence-electron chi connectivity index (χ1n) is 8.62. The van der Waals surface area contributed by atoms with Crippen LogP contribution < -0.4 is 0 Å². The van der Waals surface area contributed by atoms with Crippen LogP contribution in [0.15, 0.2) is 36.9 Å². The van der Waals surface area contributed by atoms with E-state index in [-0.39, 0.29) is 12.0 Å². The molecule has 0 aromatic carbocycles. The van der Waals surface area contributed by atoms with Gasteiger partial charge in [-0.3, -0.25) is 9.80 Å². The van der Waals surface area contributed by atoms with Gasteiger partial charge in [0.15, 0.2) is 0 Å². The Bertz CT molecular complexity index is 904. The second-order valence-electron chi connectivity index (χ2n) is 6.61. The molecule has 0 spiro atoms. The van der Waals surface area contributed by atoms with Crippen LogP contribution in [0.25, 0.3) is 5.65 Å². The van der Waals surface area contributed by atoms with Crippen LogP contribution in [0.3, 0.4) is 0 Å². The number of pyridine rings is 1. The van der Waals surface area contributed by atoms with Crippen molar-refractivity contribution in [3.05, 3.63) is 54.0 Å². The number of ether oxygens (including phenoxy) is 1. The number of hydrogen-bond donors (Lipinski definition) is 1. The first kappa shape index (κ1) is 16.7. The fourth-order valence-electron chi connectivity index (χ4n) is 3.41. The highest BCUT2D eigenvalue weighted by Crippen LogP contribution is 2.22. The lowest BCUT2D eigenvalue weighted by atomic mass is 10.1. The zero-order valence-corrected chi connectivity index (χ0v) is 14.9. The number of aromatic amines is 1. The molecular formula is C18H22N6O2. The van der Waals surface area contributed by atoms with Crippen molar-refractivity contribution >= 4 is 11.6 Å². The van der Waals surface area contributed by atoms with Crippen molar-refractivity contribution in [1.29, 1.82) is 0 Å². The van der Waals surface area contributed by atoms with Crippen LogP contribution in [-0.4, -0.2) is 68.9 Å². The highest BCUT2D eigenvalue weighted by atomic mass is 16.5. The van der Waals surface area contributed by atoms with Crippen molar-refractivity contribution < 1.29 is 9.53 Å². The number of esters is 1. The van der Waals surface area contributed by atoms with E-state index in [9.17, 15) is 4.79 Å². The van der Waals surface area contributed by atoms with Gasteiger partial charge in [-0.2, -0.15) is 0 Å². The molecule has 0 radical (unpaired) electrons. The van der Waals surface area contributed by atoms with Gasteiger partial charge in [0, 0.05) is 51.0 Å². The zero-order valence-electron chi connectivity index (χ0n) is 14.9. The van der Waals surface area contributed by atoms with Gasteiger partial charge in [0.2, 0.25) is 0 Å². The van der Waals surface area contributed by atoms with E-state index in [1.165, 1.54) is 7.11 Å². The molecule has 0 bridgehead atoms. The summed E-state index contributed by atoms with van der Waals surface area (Å²) >= 11 is 0. The Morgan fingerprint density at radius 2 is 2.31 bits per heavy atom. The molecule has 1 unspecified atom stereocenters. The quantitative estimate of drug-likeness (QED) is 0.712. The highest BCUT2D eigenvalue weighted by molar-refractivity contribution is 5.90. The molecule has 4 rings (SSSR count). The number of H-pyrrole nitrogens is 1. The van der Waals surface area contributed by atoms with Gasteiger partial charge in [-0.25, -0.2) is 14.8 Å². The third kappa shape index (κ3) is 3.21. The topological polar surface area (TPSA) is 78.8 Å². The highest BCUT2D eigenvalue weighted by Gasteiger charge is 2.27. The summed E-state index contributed by atoms with van der Waals surface area (Å²) in [5.74, 6) is 0.646. The summed E-state index contributed by atoms with van der Waals surface area (Å²) < 4.78 is 6.71. The summed E-state index contributed by atoms with van der Waals surface area (Å²) in [5, 5.41) is 0. The maximum Gasteiger partial charge on any atom is 0.338 e. The molecule has 136 valence electrons. The molecular weight excluding hydrogens is 332 g/mol. The molecule has 0 amide bonds. The molecule has 0 aliphatic carbocycles. The van der Waals surface area contributed by atoms with E-state index in [2.05, 4.69) is 31.8 Å². The average Bonchev–Trinajstić information content (AvgIpc) is 3.31. The van der Waals surface area contributed by atoms with Crippen LogP contribution in [0.5, 0.6) is 0 Å². The van der Waals surface area contributed by atoms with E-state index in [1.807, 2.05) is 23.0 Å². The van der Waals surface area contributed by atoms with E-state index < -0.39 is 0 Å². The zero-order chi connectivity index (χ0) is 18.1. The Labute approximate surface area is 151 Å². The summed E-state index contributed by atoms with van der Waals surface area (Å²) in [4.78, 5) is 28.7. The summed E-state index contributed by atoms with van der Waals surface area (Å²) in [5.41, 5.74) is 2.24. The summed E-state index contributed by atoms with van der Waals surface area (Å²) in [6.45, 7) is 3.62. The maximum atomic E-state index is 11.7. The molecule has 8 heteroatoms. The van der Waals surface area contributed by atoms with Gasteiger partial charge < -0.3 is 14.1 Å². The maximum absolute atomic E-state index is 11.7. The van der Waals surface area contributed by atoms with Crippen molar-refractivity contribution in [2.45, 2.75) is 12.6 Å². The molecule has 26 heavy (non-hydrogen) atoms. The lowest BCUT2D eigenvalue weighted by molar-refractivity contribution is 0.0600. The van der Waals surface area contributed by atoms with E-state index >= 15 is 0 Å². The standard InChI is InChI=1S/C18H22N6O2/c1-22-7-8-23(12-15(22)17-19-4-5-20-17)10-14-11-24-6-3-13(18(25)26-2)9-16(24)21-14/h3-6,9,11,15H,7-8,10,12H2,1-2H3,(H,19,20). The number of methoxy groups -OCH3 is 1. The number of likely N-dealkylation sites (N-methyl/N-ethyl adjacent to an activating group) is 1. The number of imidazole rings is 2. The predicted molar refractivity (Wildman–Crippen MR) is 95.8 cm³/mol. The molecule has 1 N–H and O–H groups in total. The Morgan fingerprint density at radius 1 is 1.42 bits per heavy atom. The molecule has 1 aliphatic heterocycles. The number of nitrogens with one attached hydrogen (secondary N) is 1. The minimum absolute atomic E-state index is 0.252. The minimum atomic E-state index is -0.350. The third-order valence-electron chi connectivity index (χ3n) is 4.88. The third-order valence-corrected chi connectivity index (χ3v) is 4.88. The van der Waals surface area contributed by atoms with Crippen LogP contribution in [-0.2, 0) is 11.3 Å². The monoisotopic (exact) mass is 354 g/mol. The average molecular weight is 354 g/mol. The van der Waals surface area contributed by atoms with Gasteiger partial charge in [0.25, 0.3) is 0 Å². The van der Waals surface area contributed by atoms with Gasteiger partial charge in [0.1, 0.15) is 11.5 Å². The van der Waals surface area contributed by atoms with Crippen molar-refractivity contribution in [1.82, 2.24) is 29.2 Å². The summed E-state index contributed by atoms with van der Waals surface area (Å²) in [6, 6.07) is 3.75. The van der Waals surface area contributed by atoms with Crippen LogP contribution in [0.1, 0.15) is 27.9 Å². The molecule has 1 fully saturated rings. The van der Waals surface area contributed by atoms with Crippen molar-refractivity contribution in [3.63, 3.8) is 0 Å². The Kier molecular flexibility index (Phi) is 4.44. The van der Waals surface area contributed by atoms with Crippen LogP contribution in [0.2, 0.25) is 0 Å². The molecule has 1 atom stereocenters. The molecule has 4 heterocycles. The van der Waals surface area contributed by atoms with Gasteiger partial charge in [-0.05, 0) is 19.2 Å². The molecule has 1 aliphatic rings. The van der Waals surface area contributed by atoms with E-state index in [0.29, 0.717) is 5.56 Å². The fraction of sp³-hybridized carbons (Fsp3) is 0.389. The van der Waals surface area contributed by atoms with Gasteiger partial charge in [0.05, 0.1) is 24.4 Å². The Morgan fingerprint density at radius 3 is 3.08 bits per heavy atom. The number of carbonyl (C=O) groups excluding carboxylic acids is 1. The number of carbonyl (C=O) groups is 1. The van der Waals surface area contributed by atoms with Crippen molar-refractivity contribution in [2.24, 2.45) is 0 Å². The normalized spacial score (nSPS) is 19.1. The van der Waals surface area contributed by atoms with Gasteiger partial charge in [-0.15, -0.1) is 0 Å². The Balaban J connectivity index is 1.50. The number of hydrogen-bond acceptors (Lipinski definition) is 6. The van der Waals surface area contributed by atoms with Crippen LogP contribution >= 0.6 is 0 Å².